The van der Waals surface area contributed by atoms with Gasteiger partial charge in [0.15, 0.2) is 5.82 Å². The Morgan fingerprint density at radius 2 is 1.73 bits per heavy atom. The first kappa shape index (κ1) is 26.9. The Labute approximate surface area is 232 Å². The highest BCUT2D eigenvalue weighted by atomic mass is 16.5. The van der Waals surface area contributed by atoms with Gasteiger partial charge in [-0.15, -0.1) is 0 Å². The van der Waals surface area contributed by atoms with E-state index < -0.39 is 5.76 Å². The summed E-state index contributed by atoms with van der Waals surface area (Å²) < 4.78 is 12.2. The highest BCUT2D eigenvalue weighted by Gasteiger charge is 2.18. The van der Waals surface area contributed by atoms with Crippen molar-refractivity contribution in [3.8, 4) is 34.0 Å². The van der Waals surface area contributed by atoms with Crippen LogP contribution in [0.1, 0.15) is 49.8 Å². The van der Waals surface area contributed by atoms with Crippen molar-refractivity contribution in [2.75, 3.05) is 0 Å². The molecule has 0 unspecified atom stereocenters. The minimum absolute atomic E-state index is 0.0603. The van der Waals surface area contributed by atoms with Gasteiger partial charge in [-0.25, -0.2) is 9.78 Å². The van der Waals surface area contributed by atoms with E-state index in [0.29, 0.717) is 35.6 Å². The Kier molecular flexibility index (Phi) is 7.77. The van der Waals surface area contributed by atoms with Gasteiger partial charge < -0.3 is 4.74 Å². The Morgan fingerprint density at radius 1 is 0.975 bits per heavy atom. The van der Waals surface area contributed by atoms with E-state index in [-0.39, 0.29) is 11.7 Å². The largest absolute Gasteiger partial charge is 0.491 e. The second-order valence-electron chi connectivity index (χ2n) is 10.0. The van der Waals surface area contributed by atoms with Crippen LogP contribution in [-0.2, 0) is 12.8 Å². The van der Waals surface area contributed by atoms with Crippen LogP contribution in [0.2, 0.25) is 0 Å². The second-order valence-corrected chi connectivity index (χ2v) is 10.0. The van der Waals surface area contributed by atoms with Crippen LogP contribution in [0.25, 0.3) is 28.2 Å². The molecule has 0 aliphatic heterocycles. The molecular formula is C32H32N4O4. The maximum absolute atomic E-state index is 14.0. The molecule has 1 N–H and O–H groups in total. The molecule has 5 aromatic rings. The van der Waals surface area contributed by atoms with Gasteiger partial charge in [0, 0.05) is 17.5 Å². The SMILES string of the molecule is CCCc1nc(C)n(-c2ccc(OC(C)C)cc2)c(=O)c1Cc1ccc(-c2ccccc2)c(-c2noc(=O)[nH]2)c1. The fourth-order valence-electron chi connectivity index (χ4n) is 4.91. The number of aromatic nitrogens is 4. The van der Waals surface area contributed by atoms with Crippen LogP contribution < -0.4 is 16.1 Å². The smallest absolute Gasteiger partial charge is 0.439 e. The van der Waals surface area contributed by atoms with Gasteiger partial charge in [-0.1, -0.05) is 61.0 Å². The summed E-state index contributed by atoms with van der Waals surface area (Å²) >= 11 is 0. The zero-order valence-electron chi connectivity index (χ0n) is 23.1. The first-order valence-corrected chi connectivity index (χ1v) is 13.5. The third-order valence-electron chi connectivity index (χ3n) is 6.63. The first-order chi connectivity index (χ1) is 19.3. The fourth-order valence-corrected chi connectivity index (χ4v) is 4.91. The summed E-state index contributed by atoms with van der Waals surface area (Å²) in [5.41, 5.74) is 5.55. The zero-order chi connectivity index (χ0) is 28.2. The van der Waals surface area contributed by atoms with Crippen molar-refractivity contribution in [1.29, 1.82) is 0 Å². The van der Waals surface area contributed by atoms with Gasteiger partial charge in [-0.05, 0) is 74.2 Å². The lowest BCUT2D eigenvalue weighted by atomic mass is 9.94. The predicted octanol–water partition coefficient (Wildman–Crippen LogP) is 5.88. The molecule has 0 aliphatic rings. The number of benzene rings is 3. The predicted molar refractivity (Wildman–Crippen MR) is 155 cm³/mol. The van der Waals surface area contributed by atoms with Gasteiger partial charge in [0.1, 0.15) is 11.6 Å². The summed E-state index contributed by atoms with van der Waals surface area (Å²) in [5.74, 6) is 1.09. The Balaban J connectivity index is 1.60. The molecule has 0 saturated carbocycles. The van der Waals surface area contributed by atoms with E-state index in [1.807, 2.05) is 93.6 Å². The van der Waals surface area contributed by atoms with Crippen molar-refractivity contribution in [2.24, 2.45) is 0 Å². The number of aromatic amines is 1. The summed E-state index contributed by atoms with van der Waals surface area (Å²) in [5, 5.41) is 3.94. The van der Waals surface area contributed by atoms with Crippen molar-refractivity contribution < 1.29 is 9.26 Å². The normalized spacial score (nSPS) is 11.2. The topological polar surface area (TPSA) is 103 Å². The number of H-pyrrole nitrogens is 1. The second kappa shape index (κ2) is 11.6. The van der Waals surface area contributed by atoms with E-state index in [4.69, 9.17) is 14.2 Å². The molecule has 40 heavy (non-hydrogen) atoms. The molecular weight excluding hydrogens is 504 g/mol. The Bertz CT molecular complexity index is 1730. The van der Waals surface area contributed by atoms with E-state index in [9.17, 15) is 9.59 Å². The number of hydrogen-bond acceptors (Lipinski definition) is 6. The lowest BCUT2D eigenvalue weighted by Crippen LogP contribution is -2.28. The third-order valence-corrected chi connectivity index (χ3v) is 6.63. The number of nitrogens with one attached hydrogen (secondary N) is 1. The molecule has 0 spiro atoms. The summed E-state index contributed by atoms with van der Waals surface area (Å²) in [7, 11) is 0. The molecule has 0 aliphatic carbocycles. The van der Waals surface area contributed by atoms with E-state index in [1.54, 1.807) is 4.57 Å². The van der Waals surface area contributed by atoms with Gasteiger partial charge in [0.2, 0.25) is 0 Å². The molecule has 204 valence electrons. The molecule has 0 radical (unpaired) electrons. The Morgan fingerprint density at radius 3 is 2.38 bits per heavy atom. The van der Waals surface area contributed by atoms with Crippen molar-refractivity contribution in [1.82, 2.24) is 19.7 Å². The van der Waals surface area contributed by atoms with Gasteiger partial charge >= 0.3 is 5.76 Å². The molecule has 3 aromatic carbocycles. The molecule has 0 amide bonds. The van der Waals surface area contributed by atoms with E-state index in [1.165, 1.54) is 0 Å². The van der Waals surface area contributed by atoms with Crippen LogP contribution >= 0.6 is 0 Å². The third kappa shape index (κ3) is 5.66. The fraction of sp³-hybridized carbons (Fsp3) is 0.250. The molecule has 2 aromatic heterocycles. The number of rotatable bonds is 9. The summed E-state index contributed by atoms with van der Waals surface area (Å²) in [6.45, 7) is 7.89. The lowest BCUT2D eigenvalue weighted by Gasteiger charge is -2.17. The maximum atomic E-state index is 14.0. The first-order valence-electron chi connectivity index (χ1n) is 13.5. The highest BCUT2D eigenvalue weighted by molar-refractivity contribution is 5.81. The molecule has 0 bridgehead atoms. The average Bonchev–Trinajstić information content (AvgIpc) is 3.38. The van der Waals surface area contributed by atoms with Crippen LogP contribution in [0, 0.1) is 6.92 Å². The number of nitrogens with zero attached hydrogens (tertiary/aromatic N) is 3. The molecule has 8 heteroatoms. The van der Waals surface area contributed by atoms with Crippen molar-refractivity contribution in [3.05, 3.63) is 116 Å². The van der Waals surface area contributed by atoms with Crippen LogP contribution in [0.15, 0.2) is 86.9 Å². The standard InChI is InChI=1S/C32H32N4O4/c1-5-9-29-28(31(37)36(21(4)33-29)24-13-15-25(16-14-24)39-20(2)3)19-22-12-17-26(23-10-7-6-8-11-23)27(18-22)30-34-32(38)40-35-30/h6-8,10-18,20H,5,9,19H2,1-4H3,(H,34,35,38). The minimum Gasteiger partial charge on any atom is -0.491 e. The summed E-state index contributed by atoms with van der Waals surface area (Å²) in [6.07, 6.45) is 1.99. The van der Waals surface area contributed by atoms with E-state index in [0.717, 1.165) is 40.2 Å². The van der Waals surface area contributed by atoms with Crippen LogP contribution in [0.5, 0.6) is 5.75 Å². The Hall–Kier alpha value is -4.72. The molecule has 8 nitrogen and oxygen atoms in total. The maximum Gasteiger partial charge on any atom is 0.439 e. The number of ether oxygens (including phenoxy) is 1. The van der Waals surface area contributed by atoms with E-state index >= 15 is 0 Å². The van der Waals surface area contributed by atoms with Gasteiger partial charge in [-0.3, -0.25) is 18.9 Å². The van der Waals surface area contributed by atoms with Crippen LogP contribution in [0.4, 0.5) is 0 Å². The number of aryl methyl sites for hydroxylation is 2. The molecule has 0 saturated heterocycles. The lowest BCUT2D eigenvalue weighted by molar-refractivity contribution is 0.242. The monoisotopic (exact) mass is 536 g/mol. The van der Waals surface area contributed by atoms with Gasteiger partial charge in [0.25, 0.3) is 5.56 Å². The van der Waals surface area contributed by atoms with Crippen molar-refractivity contribution >= 4 is 0 Å². The molecule has 5 rings (SSSR count). The number of hydrogen-bond donors (Lipinski definition) is 1. The highest BCUT2D eigenvalue weighted by Crippen LogP contribution is 2.31. The van der Waals surface area contributed by atoms with Crippen LogP contribution in [-0.4, -0.2) is 25.8 Å². The zero-order valence-corrected chi connectivity index (χ0v) is 23.1. The van der Waals surface area contributed by atoms with Gasteiger partial charge in [0.05, 0.1) is 17.5 Å². The van der Waals surface area contributed by atoms with Crippen LogP contribution in [0.3, 0.4) is 0 Å². The molecule has 2 heterocycles. The van der Waals surface area contributed by atoms with Crippen molar-refractivity contribution in [2.45, 2.75) is 53.1 Å². The van der Waals surface area contributed by atoms with E-state index in [2.05, 4.69) is 17.1 Å². The molecule has 0 atom stereocenters. The summed E-state index contributed by atoms with van der Waals surface area (Å²) in [4.78, 5) is 33.3. The van der Waals surface area contributed by atoms with Gasteiger partial charge in [-0.2, -0.15) is 0 Å². The molecule has 0 fully saturated rings. The summed E-state index contributed by atoms with van der Waals surface area (Å²) in [6, 6.07) is 23.3. The minimum atomic E-state index is -0.625. The average molecular weight is 537 g/mol. The quantitative estimate of drug-likeness (QED) is 0.252. The van der Waals surface area contributed by atoms with Crippen molar-refractivity contribution in [3.63, 3.8) is 0 Å².